The number of hydrogen-bond acceptors (Lipinski definition) is 5. The number of rotatable bonds is 2. The fraction of sp³-hybridized carbons (Fsp3) is 0.421. The molecule has 0 aliphatic rings. The van der Waals surface area contributed by atoms with Crippen LogP contribution in [0, 0.1) is 0 Å². The largest absolute Gasteiger partial charge is 0.443 e. The molecular weight excluding hydrogens is 478 g/mol. The third-order valence-electron chi connectivity index (χ3n) is 4.06. The Morgan fingerprint density at radius 1 is 0.815 bits per heavy atom. The van der Waals surface area contributed by atoms with Gasteiger partial charge in [0, 0.05) is 10.8 Å². The van der Waals surface area contributed by atoms with Crippen LogP contribution in [0.25, 0.3) is 23.2 Å². The Morgan fingerprint density at radius 3 is 1.48 bits per heavy atom. The molecule has 0 aliphatic heterocycles. The van der Waals surface area contributed by atoms with Crippen molar-refractivity contribution in [2.45, 2.75) is 52.4 Å². The number of oxazole rings is 2. The highest BCUT2D eigenvalue weighted by molar-refractivity contribution is 9.11. The van der Waals surface area contributed by atoms with Gasteiger partial charge in [0.05, 0.1) is 20.3 Å². The normalized spacial score (nSPS) is 12.6. The average Bonchev–Trinajstić information content (AvgIpc) is 3.21. The summed E-state index contributed by atoms with van der Waals surface area (Å²) >= 11 is 6.69. The Morgan fingerprint density at radius 2 is 1.19 bits per heavy atom. The molecule has 3 aromatic rings. The SMILES string of the molecule is CC(C)(C)c1coc(-c2[nH]c(-c3nc(C(C)(C)C)co3)c(Br)c(=O)c2Br)n1. The molecule has 0 fully saturated rings. The molecule has 144 valence electrons. The van der Waals surface area contributed by atoms with Gasteiger partial charge >= 0.3 is 0 Å². The molecule has 8 heteroatoms. The Balaban J connectivity index is 2.17. The lowest BCUT2D eigenvalue weighted by Crippen LogP contribution is -2.13. The minimum Gasteiger partial charge on any atom is -0.443 e. The van der Waals surface area contributed by atoms with Gasteiger partial charge in [0.15, 0.2) is 0 Å². The summed E-state index contributed by atoms with van der Waals surface area (Å²) in [6, 6.07) is 0. The van der Waals surface area contributed by atoms with Gasteiger partial charge in [-0.15, -0.1) is 0 Å². The van der Waals surface area contributed by atoms with Gasteiger partial charge in [0.2, 0.25) is 17.2 Å². The van der Waals surface area contributed by atoms with E-state index in [0.29, 0.717) is 32.1 Å². The minimum atomic E-state index is -0.246. The van der Waals surface area contributed by atoms with Crippen molar-refractivity contribution in [1.82, 2.24) is 15.0 Å². The van der Waals surface area contributed by atoms with Gasteiger partial charge in [0.25, 0.3) is 0 Å². The lowest BCUT2D eigenvalue weighted by Gasteiger charge is -2.13. The van der Waals surface area contributed by atoms with Crippen molar-refractivity contribution >= 4 is 31.9 Å². The van der Waals surface area contributed by atoms with Gasteiger partial charge in [-0.05, 0) is 31.9 Å². The van der Waals surface area contributed by atoms with Crippen molar-refractivity contribution in [2.24, 2.45) is 0 Å². The van der Waals surface area contributed by atoms with Crippen LogP contribution in [0.4, 0.5) is 0 Å². The molecule has 0 saturated heterocycles. The first kappa shape index (κ1) is 20.1. The van der Waals surface area contributed by atoms with E-state index < -0.39 is 0 Å². The number of aromatic amines is 1. The van der Waals surface area contributed by atoms with Crippen LogP contribution in [0.15, 0.2) is 35.1 Å². The van der Waals surface area contributed by atoms with Crippen molar-refractivity contribution < 1.29 is 8.83 Å². The van der Waals surface area contributed by atoms with Gasteiger partial charge in [-0.1, -0.05) is 41.5 Å². The fourth-order valence-corrected chi connectivity index (χ4v) is 3.52. The first-order chi connectivity index (χ1) is 12.4. The molecule has 0 atom stereocenters. The molecule has 27 heavy (non-hydrogen) atoms. The predicted molar refractivity (Wildman–Crippen MR) is 111 cm³/mol. The first-order valence-electron chi connectivity index (χ1n) is 8.43. The second kappa shape index (κ2) is 6.74. The van der Waals surface area contributed by atoms with Crippen LogP contribution in [0.1, 0.15) is 52.9 Å². The van der Waals surface area contributed by atoms with Crippen LogP contribution in [0.3, 0.4) is 0 Å². The second-order valence-electron chi connectivity index (χ2n) is 8.41. The molecule has 1 N–H and O–H groups in total. The van der Waals surface area contributed by atoms with Gasteiger partial charge in [0.1, 0.15) is 23.9 Å². The fourth-order valence-electron chi connectivity index (χ4n) is 2.32. The summed E-state index contributed by atoms with van der Waals surface area (Å²) in [5, 5.41) is 0. The Labute approximate surface area is 174 Å². The first-order valence-corrected chi connectivity index (χ1v) is 10.0. The van der Waals surface area contributed by atoms with Crippen molar-refractivity contribution in [3.63, 3.8) is 0 Å². The summed E-state index contributed by atoms with van der Waals surface area (Å²) in [7, 11) is 0. The number of nitrogens with one attached hydrogen (secondary N) is 1. The molecule has 6 nitrogen and oxygen atoms in total. The van der Waals surface area contributed by atoms with Crippen LogP contribution in [-0.2, 0) is 10.8 Å². The molecule has 0 bridgehead atoms. The van der Waals surface area contributed by atoms with Crippen molar-refractivity contribution in [3.05, 3.63) is 43.1 Å². The van der Waals surface area contributed by atoms with E-state index in [-0.39, 0.29) is 16.3 Å². The third kappa shape index (κ3) is 3.82. The summed E-state index contributed by atoms with van der Waals surface area (Å²) in [5.74, 6) is 0.639. The van der Waals surface area contributed by atoms with E-state index in [2.05, 4.69) is 46.8 Å². The molecule has 0 saturated carbocycles. The molecule has 0 radical (unpaired) electrons. The molecule has 0 aromatic carbocycles. The number of hydrogen-bond donors (Lipinski definition) is 1. The Bertz CT molecular complexity index is 970. The molecule has 3 aromatic heterocycles. The molecule has 3 rings (SSSR count). The van der Waals surface area contributed by atoms with Gasteiger partial charge in [-0.2, -0.15) is 0 Å². The maximum atomic E-state index is 12.7. The number of aromatic nitrogens is 3. The summed E-state index contributed by atoms with van der Waals surface area (Å²) < 4.78 is 11.9. The third-order valence-corrected chi connectivity index (χ3v) is 5.57. The van der Waals surface area contributed by atoms with E-state index >= 15 is 0 Å². The molecule has 0 unspecified atom stereocenters. The van der Waals surface area contributed by atoms with Crippen LogP contribution in [0.2, 0.25) is 0 Å². The average molecular weight is 499 g/mol. The number of halogens is 2. The topological polar surface area (TPSA) is 84.9 Å². The zero-order valence-electron chi connectivity index (χ0n) is 16.0. The predicted octanol–water partition coefficient (Wildman–Crippen LogP) is 5.80. The van der Waals surface area contributed by atoms with E-state index in [9.17, 15) is 4.79 Å². The minimum absolute atomic E-state index is 0.170. The van der Waals surface area contributed by atoms with Crippen LogP contribution >= 0.6 is 31.9 Å². The van der Waals surface area contributed by atoms with E-state index in [1.165, 1.54) is 0 Å². The zero-order chi connectivity index (χ0) is 20.1. The number of pyridine rings is 1. The molecule has 0 aliphatic carbocycles. The standard InChI is InChI=1S/C19H21Br2N3O3/c1-18(2,3)9-7-26-16(22-9)13-11(20)15(25)12(21)14(24-13)17-23-10(8-27-17)19(4,5)6/h7-8H,1-6H3,(H,24,25). The smallest absolute Gasteiger partial charge is 0.244 e. The zero-order valence-corrected chi connectivity index (χ0v) is 19.2. The van der Waals surface area contributed by atoms with Gasteiger partial charge in [-0.3, -0.25) is 4.79 Å². The molecule has 3 heterocycles. The highest BCUT2D eigenvalue weighted by Gasteiger charge is 2.25. The second-order valence-corrected chi connectivity index (χ2v) is 9.99. The maximum absolute atomic E-state index is 12.7. The number of nitrogens with zero attached hydrogens (tertiary/aromatic N) is 2. The van der Waals surface area contributed by atoms with E-state index in [4.69, 9.17) is 8.83 Å². The summed E-state index contributed by atoms with van der Waals surface area (Å²) in [4.78, 5) is 24.9. The lowest BCUT2D eigenvalue weighted by atomic mass is 9.93. The molecular formula is C19H21Br2N3O3. The van der Waals surface area contributed by atoms with Crippen molar-refractivity contribution in [3.8, 4) is 23.2 Å². The Kier molecular flexibility index (Phi) is 5.01. The quantitative estimate of drug-likeness (QED) is 0.482. The van der Waals surface area contributed by atoms with Crippen LogP contribution in [-0.4, -0.2) is 15.0 Å². The van der Waals surface area contributed by atoms with Crippen LogP contribution in [0.5, 0.6) is 0 Å². The Hall–Kier alpha value is -1.67. The highest BCUT2D eigenvalue weighted by Crippen LogP contribution is 2.33. The van der Waals surface area contributed by atoms with E-state index in [1.807, 2.05) is 41.5 Å². The summed E-state index contributed by atoms with van der Waals surface area (Å²) in [6.07, 6.45) is 3.20. The van der Waals surface area contributed by atoms with Crippen molar-refractivity contribution in [2.75, 3.05) is 0 Å². The maximum Gasteiger partial charge on any atom is 0.244 e. The van der Waals surface area contributed by atoms with E-state index in [0.717, 1.165) is 11.4 Å². The summed E-state index contributed by atoms with van der Waals surface area (Å²) in [6.45, 7) is 12.3. The van der Waals surface area contributed by atoms with Gasteiger partial charge < -0.3 is 13.8 Å². The monoisotopic (exact) mass is 497 g/mol. The number of H-pyrrole nitrogens is 1. The molecule has 0 amide bonds. The van der Waals surface area contributed by atoms with Crippen molar-refractivity contribution in [1.29, 1.82) is 0 Å². The van der Waals surface area contributed by atoms with Crippen LogP contribution < -0.4 is 5.43 Å². The van der Waals surface area contributed by atoms with Gasteiger partial charge in [-0.25, -0.2) is 9.97 Å². The molecule has 0 spiro atoms. The lowest BCUT2D eigenvalue weighted by molar-refractivity contribution is 0.541. The van der Waals surface area contributed by atoms with E-state index in [1.54, 1.807) is 12.5 Å². The highest BCUT2D eigenvalue weighted by atomic mass is 79.9. The summed E-state index contributed by atoms with van der Waals surface area (Å²) in [5.41, 5.74) is 1.87.